The van der Waals surface area contributed by atoms with E-state index in [1.165, 1.54) is 17.6 Å². The van der Waals surface area contributed by atoms with Crippen molar-refractivity contribution in [1.82, 2.24) is 4.90 Å². The van der Waals surface area contributed by atoms with Crippen LogP contribution in [0.3, 0.4) is 0 Å². The first kappa shape index (κ1) is 13.3. The van der Waals surface area contributed by atoms with E-state index in [4.69, 9.17) is 4.74 Å². The molecule has 0 radical (unpaired) electrons. The lowest BCUT2D eigenvalue weighted by atomic mass is 10.1. The third kappa shape index (κ3) is 3.69. The molecule has 2 nitrogen and oxygen atoms in total. The summed E-state index contributed by atoms with van der Waals surface area (Å²) in [6.45, 7) is 8.32. The normalized spacial score (nSPS) is 22.1. The Morgan fingerprint density at radius 2 is 2.17 bits per heavy atom. The molecule has 2 heteroatoms. The van der Waals surface area contributed by atoms with Crippen LogP contribution in [-0.2, 0) is 4.74 Å². The molecule has 1 aliphatic rings. The highest BCUT2D eigenvalue weighted by Crippen LogP contribution is 2.14. The van der Waals surface area contributed by atoms with Gasteiger partial charge < -0.3 is 4.74 Å². The molecule has 0 spiro atoms. The van der Waals surface area contributed by atoms with Crippen LogP contribution < -0.4 is 0 Å². The number of ether oxygens (including phenoxy) is 1. The van der Waals surface area contributed by atoms with Gasteiger partial charge in [-0.15, -0.1) is 0 Å². The first-order valence-corrected chi connectivity index (χ1v) is 6.83. The monoisotopic (exact) mass is 245 g/mol. The van der Waals surface area contributed by atoms with Gasteiger partial charge in [-0.2, -0.15) is 0 Å². The number of morpholine rings is 1. The second kappa shape index (κ2) is 6.72. The van der Waals surface area contributed by atoms with Crippen LogP contribution in [0, 0.1) is 0 Å². The van der Waals surface area contributed by atoms with E-state index < -0.39 is 0 Å². The van der Waals surface area contributed by atoms with Gasteiger partial charge in [0.1, 0.15) is 0 Å². The topological polar surface area (TPSA) is 12.5 Å². The molecule has 0 bridgehead atoms. The molecule has 2 rings (SSSR count). The van der Waals surface area contributed by atoms with Crippen LogP contribution in [0.25, 0.3) is 6.08 Å². The summed E-state index contributed by atoms with van der Waals surface area (Å²) in [5, 5.41) is 0. The number of hydrogen-bond donors (Lipinski definition) is 0. The van der Waals surface area contributed by atoms with Crippen LogP contribution in [0.2, 0.25) is 0 Å². The van der Waals surface area contributed by atoms with Gasteiger partial charge >= 0.3 is 0 Å². The van der Waals surface area contributed by atoms with Gasteiger partial charge in [-0.1, -0.05) is 48.9 Å². The molecular weight excluding hydrogens is 222 g/mol. The van der Waals surface area contributed by atoms with Gasteiger partial charge in [0, 0.05) is 19.1 Å². The summed E-state index contributed by atoms with van der Waals surface area (Å²) in [6.07, 6.45) is 3.45. The molecule has 0 N–H and O–H groups in total. The van der Waals surface area contributed by atoms with E-state index in [-0.39, 0.29) is 0 Å². The van der Waals surface area contributed by atoms with Crippen molar-refractivity contribution in [2.45, 2.75) is 26.3 Å². The first-order chi connectivity index (χ1) is 8.79. The van der Waals surface area contributed by atoms with E-state index in [9.17, 15) is 0 Å². The molecule has 0 saturated carbocycles. The average Bonchev–Trinajstić information content (AvgIpc) is 2.40. The minimum atomic E-state index is 0.581. The van der Waals surface area contributed by atoms with Gasteiger partial charge in [-0.25, -0.2) is 0 Å². The summed E-state index contributed by atoms with van der Waals surface area (Å²) in [4.78, 5) is 2.54. The molecule has 1 unspecified atom stereocenters. The zero-order valence-electron chi connectivity index (χ0n) is 11.4. The van der Waals surface area contributed by atoms with Crippen molar-refractivity contribution >= 4 is 6.08 Å². The Bertz CT molecular complexity index is 385. The molecule has 0 aliphatic carbocycles. The van der Waals surface area contributed by atoms with Gasteiger partial charge in [0.05, 0.1) is 13.2 Å². The number of nitrogens with zero attached hydrogens (tertiary/aromatic N) is 1. The Balaban J connectivity index is 1.97. The van der Waals surface area contributed by atoms with Gasteiger partial charge in [-0.05, 0) is 18.9 Å². The molecule has 0 aromatic heterocycles. The summed E-state index contributed by atoms with van der Waals surface area (Å²) in [5.74, 6) is 0. The molecule has 18 heavy (non-hydrogen) atoms. The van der Waals surface area contributed by atoms with Crippen molar-refractivity contribution in [3.63, 3.8) is 0 Å². The van der Waals surface area contributed by atoms with Gasteiger partial charge in [0.25, 0.3) is 0 Å². The van der Waals surface area contributed by atoms with Crippen LogP contribution >= 0.6 is 0 Å². The molecule has 1 fully saturated rings. The quantitative estimate of drug-likeness (QED) is 0.807. The van der Waals surface area contributed by atoms with Crippen molar-refractivity contribution in [3.05, 3.63) is 41.5 Å². The lowest BCUT2D eigenvalue weighted by Gasteiger charge is -2.35. The number of rotatable bonds is 4. The minimum absolute atomic E-state index is 0.581. The van der Waals surface area contributed by atoms with Crippen molar-refractivity contribution < 1.29 is 4.74 Å². The molecule has 1 aromatic carbocycles. The zero-order valence-corrected chi connectivity index (χ0v) is 11.4. The molecule has 1 heterocycles. The highest BCUT2D eigenvalue weighted by atomic mass is 16.5. The van der Waals surface area contributed by atoms with Crippen LogP contribution in [0.1, 0.15) is 25.8 Å². The van der Waals surface area contributed by atoms with Crippen LogP contribution in [0.15, 0.2) is 35.9 Å². The van der Waals surface area contributed by atoms with E-state index in [1.807, 2.05) is 0 Å². The Hall–Kier alpha value is -1.12. The molecular formula is C16H23NO. The van der Waals surface area contributed by atoms with Crippen molar-refractivity contribution in [2.75, 3.05) is 26.3 Å². The van der Waals surface area contributed by atoms with Crippen LogP contribution in [0.4, 0.5) is 0 Å². The standard InChI is InChI=1S/C16H23NO/c1-3-16-13-18-10-9-17(16)12-14(2)11-15-7-5-4-6-8-15/h4-8,11,16H,3,9-10,12-13H2,1-2H3/b14-11+. The smallest absolute Gasteiger partial charge is 0.0622 e. The first-order valence-electron chi connectivity index (χ1n) is 6.83. The molecule has 1 aliphatic heterocycles. The highest BCUT2D eigenvalue weighted by Gasteiger charge is 2.20. The summed E-state index contributed by atoms with van der Waals surface area (Å²) >= 11 is 0. The van der Waals surface area contributed by atoms with Gasteiger partial charge in [-0.3, -0.25) is 4.90 Å². The number of hydrogen-bond acceptors (Lipinski definition) is 2. The minimum Gasteiger partial charge on any atom is -0.378 e. The third-order valence-electron chi connectivity index (χ3n) is 3.49. The van der Waals surface area contributed by atoms with Crippen molar-refractivity contribution in [3.8, 4) is 0 Å². The molecule has 1 aromatic rings. The summed E-state index contributed by atoms with van der Waals surface area (Å²) in [6, 6.07) is 11.1. The maximum absolute atomic E-state index is 5.54. The highest BCUT2D eigenvalue weighted by molar-refractivity contribution is 5.52. The Kier molecular flexibility index (Phi) is 4.97. The average molecular weight is 245 g/mol. The van der Waals surface area contributed by atoms with E-state index in [2.05, 4.69) is 55.2 Å². The summed E-state index contributed by atoms with van der Waals surface area (Å²) in [7, 11) is 0. The summed E-state index contributed by atoms with van der Waals surface area (Å²) < 4.78 is 5.54. The Morgan fingerprint density at radius 1 is 1.39 bits per heavy atom. The fourth-order valence-corrected chi connectivity index (χ4v) is 2.47. The van der Waals surface area contributed by atoms with E-state index in [0.29, 0.717) is 6.04 Å². The van der Waals surface area contributed by atoms with E-state index >= 15 is 0 Å². The van der Waals surface area contributed by atoms with Gasteiger partial charge in [0.2, 0.25) is 0 Å². The van der Waals surface area contributed by atoms with Gasteiger partial charge in [0.15, 0.2) is 0 Å². The Morgan fingerprint density at radius 3 is 2.89 bits per heavy atom. The summed E-state index contributed by atoms with van der Waals surface area (Å²) in [5.41, 5.74) is 2.71. The molecule has 1 atom stereocenters. The van der Waals surface area contributed by atoms with Crippen molar-refractivity contribution in [1.29, 1.82) is 0 Å². The lowest BCUT2D eigenvalue weighted by Crippen LogP contribution is -2.45. The second-order valence-corrected chi connectivity index (χ2v) is 5.01. The predicted molar refractivity (Wildman–Crippen MR) is 76.6 cm³/mol. The Labute approximate surface area is 110 Å². The van der Waals surface area contributed by atoms with Crippen molar-refractivity contribution in [2.24, 2.45) is 0 Å². The maximum atomic E-state index is 5.54. The maximum Gasteiger partial charge on any atom is 0.0622 e. The zero-order chi connectivity index (χ0) is 12.8. The fourth-order valence-electron chi connectivity index (χ4n) is 2.47. The lowest BCUT2D eigenvalue weighted by molar-refractivity contribution is -0.00382. The third-order valence-corrected chi connectivity index (χ3v) is 3.49. The number of benzene rings is 1. The van der Waals surface area contributed by atoms with Crippen LogP contribution in [-0.4, -0.2) is 37.2 Å². The van der Waals surface area contributed by atoms with Crippen LogP contribution in [0.5, 0.6) is 0 Å². The van der Waals surface area contributed by atoms with E-state index in [0.717, 1.165) is 26.3 Å². The largest absolute Gasteiger partial charge is 0.378 e. The molecule has 98 valence electrons. The van der Waals surface area contributed by atoms with E-state index in [1.54, 1.807) is 0 Å². The predicted octanol–water partition coefficient (Wildman–Crippen LogP) is 3.20. The molecule has 0 amide bonds. The second-order valence-electron chi connectivity index (χ2n) is 5.01. The SMILES string of the molecule is CCC1COCCN1C/C(C)=C/c1ccccc1. The fraction of sp³-hybridized carbons (Fsp3) is 0.500. The molecule has 1 saturated heterocycles.